The van der Waals surface area contributed by atoms with Crippen LogP contribution in [0.3, 0.4) is 0 Å². The van der Waals surface area contributed by atoms with Gasteiger partial charge in [0.2, 0.25) is 6.10 Å². The molecule has 0 aliphatic rings. The number of halogens is 1. The van der Waals surface area contributed by atoms with E-state index in [1.165, 1.54) is 30.7 Å². The zero-order chi connectivity index (χ0) is 17.7. The van der Waals surface area contributed by atoms with Crippen molar-refractivity contribution in [3.63, 3.8) is 0 Å². The number of aromatic nitrogens is 2. The lowest BCUT2D eigenvalue weighted by atomic mass is 10.1. The predicted molar refractivity (Wildman–Crippen MR) is 89.5 cm³/mol. The molecule has 7 heteroatoms. The highest BCUT2D eigenvalue weighted by Crippen LogP contribution is 2.20. The van der Waals surface area contributed by atoms with Crippen molar-refractivity contribution in [2.24, 2.45) is 0 Å². The highest BCUT2D eigenvalue weighted by molar-refractivity contribution is 6.29. The minimum atomic E-state index is -1.09. The van der Waals surface area contributed by atoms with E-state index in [1.807, 2.05) is 20.8 Å². The summed E-state index contributed by atoms with van der Waals surface area (Å²) in [5.41, 5.74) is 0.278. The largest absolute Gasteiger partial charge is 0.444 e. The van der Waals surface area contributed by atoms with Crippen LogP contribution in [0.15, 0.2) is 42.9 Å². The molecule has 1 amide bonds. The van der Waals surface area contributed by atoms with Crippen LogP contribution in [0.5, 0.6) is 0 Å². The van der Waals surface area contributed by atoms with Crippen LogP contribution in [0.25, 0.3) is 0 Å². The first kappa shape index (κ1) is 17.9. The fraction of sp³-hybridized carbons (Fsp3) is 0.294. The van der Waals surface area contributed by atoms with E-state index in [2.05, 4.69) is 15.3 Å². The molecule has 1 N–H and O–H groups in total. The Morgan fingerprint density at radius 1 is 1.17 bits per heavy atom. The summed E-state index contributed by atoms with van der Waals surface area (Å²) in [6, 6.07) is 6.22. The molecule has 0 fully saturated rings. The van der Waals surface area contributed by atoms with Gasteiger partial charge in [0.25, 0.3) is 5.91 Å². The number of carbonyl (C=O) groups excluding carboxylic acids is 2. The van der Waals surface area contributed by atoms with Gasteiger partial charge in [-0.15, -0.1) is 0 Å². The summed E-state index contributed by atoms with van der Waals surface area (Å²) in [6.07, 6.45) is 3.28. The molecule has 2 rings (SSSR count). The molecule has 2 heterocycles. The van der Waals surface area contributed by atoms with Crippen LogP contribution in [0.4, 0.5) is 0 Å². The first-order valence-electron chi connectivity index (χ1n) is 7.31. The number of pyridine rings is 2. The van der Waals surface area contributed by atoms with Crippen molar-refractivity contribution in [3.05, 3.63) is 59.1 Å². The van der Waals surface area contributed by atoms with Gasteiger partial charge >= 0.3 is 5.97 Å². The van der Waals surface area contributed by atoms with E-state index in [-0.39, 0.29) is 10.7 Å². The second kappa shape index (κ2) is 7.40. The Balaban J connectivity index is 2.24. The first-order valence-corrected chi connectivity index (χ1v) is 7.68. The monoisotopic (exact) mass is 347 g/mol. The van der Waals surface area contributed by atoms with Crippen LogP contribution in [-0.4, -0.2) is 27.4 Å². The van der Waals surface area contributed by atoms with Crippen molar-refractivity contribution < 1.29 is 14.3 Å². The van der Waals surface area contributed by atoms with Crippen LogP contribution in [0.2, 0.25) is 5.15 Å². The Morgan fingerprint density at radius 2 is 1.83 bits per heavy atom. The van der Waals surface area contributed by atoms with Crippen molar-refractivity contribution in [3.8, 4) is 0 Å². The van der Waals surface area contributed by atoms with Gasteiger partial charge in [0.05, 0.1) is 5.56 Å². The first-order chi connectivity index (χ1) is 11.3. The molecule has 2 aromatic rings. The van der Waals surface area contributed by atoms with Gasteiger partial charge in [-0.2, -0.15) is 0 Å². The summed E-state index contributed by atoms with van der Waals surface area (Å²) in [5.74, 6) is -1.07. The number of ether oxygens (including phenoxy) is 1. The Bertz CT molecular complexity index is 712. The number of nitrogens with one attached hydrogen (secondary N) is 1. The maximum Gasteiger partial charge on any atom is 0.340 e. The highest BCUT2D eigenvalue weighted by Gasteiger charge is 2.28. The van der Waals surface area contributed by atoms with Gasteiger partial charge in [-0.25, -0.2) is 9.78 Å². The van der Waals surface area contributed by atoms with Gasteiger partial charge in [0, 0.05) is 29.7 Å². The molecule has 2 aromatic heterocycles. The zero-order valence-corrected chi connectivity index (χ0v) is 14.4. The Kier molecular flexibility index (Phi) is 5.51. The van der Waals surface area contributed by atoms with Gasteiger partial charge in [-0.05, 0) is 45.0 Å². The molecule has 0 aromatic carbocycles. The molecule has 0 spiro atoms. The lowest BCUT2D eigenvalue weighted by Gasteiger charge is -2.25. The van der Waals surface area contributed by atoms with Crippen LogP contribution in [0.1, 0.15) is 42.8 Å². The lowest BCUT2D eigenvalue weighted by molar-refractivity contribution is -0.131. The standard InChI is InChI=1S/C17H18ClN3O3/c1-17(2,3)21-15(22)14(11-6-8-19-9-7-11)24-16(23)12-4-5-13(18)20-10-12/h4-10,14H,1-3H3,(H,21,22). The average molecular weight is 348 g/mol. The number of amides is 1. The average Bonchev–Trinajstić information content (AvgIpc) is 2.52. The number of nitrogens with zero attached hydrogens (tertiary/aromatic N) is 2. The van der Waals surface area contributed by atoms with Crippen molar-refractivity contribution in [1.82, 2.24) is 15.3 Å². The summed E-state index contributed by atoms with van der Waals surface area (Å²) in [6.45, 7) is 5.54. The predicted octanol–water partition coefficient (Wildman–Crippen LogP) is 2.94. The molecule has 0 aliphatic carbocycles. The molecule has 1 unspecified atom stereocenters. The third-order valence-electron chi connectivity index (χ3n) is 2.93. The van der Waals surface area contributed by atoms with Gasteiger partial charge in [-0.1, -0.05) is 11.6 Å². The Hall–Kier alpha value is -2.47. The lowest BCUT2D eigenvalue weighted by Crippen LogP contribution is -2.44. The second-order valence-corrected chi connectivity index (χ2v) is 6.56. The van der Waals surface area contributed by atoms with Crippen molar-refractivity contribution in [2.75, 3.05) is 0 Å². The third-order valence-corrected chi connectivity index (χ3v) is 3.16. The van der Waals surface area contributed by atoms with E-state index >= 15 is 0 Å². The number of esters is 1. The van der Waals surface area contributed by atoms with Crippen LogP contribution >= 0.6 is 11.6 Å². The van der Waals surface area contributed by atoms with Crippen LogP contribution in [-0.2, 0) is 9.53 Å². The second-order valence-electron chi connectivity index (χ2n) is 6.17. The molecular formula is C17H18ClN3O3. The topological polar surface area (TPSA) is 81.2 Å². The van der Waals surface area contributed by atoms with Crippen molar-refractivity contribution in [2.45, 2.75) is 32.4 Å². The minimum absolute atomic E-state index is 0.210. The van der Waals surface area contributed by atoms with Gasteiger partial charge in [0.15, 0.2) is 0 Å². The van der Waals surface area contributed by atoms with Gasteiger partial charge in [-0.3, -0.25) is 9.78 Å². The van der Waals surface area contributed by atoms with E-state index in [9.17, 15) is 9.59 Å². The Morgan fingerprint density at radius 3 is 2.38 bits per heavy atom. The van der Waals surface area contributed by atoms with Crippen molar-refractivity contribution >= 4 is 23.5 Å². The summed E-state index contributed by atoms with van der Waals surface area (Å²) in [7, 11) is 0. The number of rotatable bonds is 4. The normalized spacial score (nSPS) is 12.3. The van der Waals surface area contributed by atoms with Crippen LogP contribution in [0, 0.1) is 0 Å². The van der Waals surface area contributed by atoms with E-state index in [1.54, 1.807) is 12.1 Å². The zero-order valence-electron chi connectivity index (χ0n) is 13.6. The number of carbonyl (C=O) groups is 2. The van der Waals surface area contributed by atoms with Crippen LogP contribution < -0.4 is 5.32 Å². The number of hydrogen-bond donors (Lipinski definition) is 1. The summed E-state index contributed by atoms with van der Waals surface area (Å²) in [4.78, 5) is 32.6. The summed E-state index contributed by atoms with van der Waals surface area (Å²) < 4.78 is 5.41. The van der Waals surface area contributed by atoms with E-state index < -0.39 is 23.5 Å². The van der Waals surface area contributed by atoms with Gasteiger partial charge in [0.1, 0.15) is 5.15 Å². The quantitative estimate of drug-likeness (QED) is 0.679. The van der Waals surface area contributed by atoms with Gasteiger partial charge < -0.3 is 10.1 Å². The molecular weight excluding hydrogens is 330 g/mol. The highest BCUT2D eigenvalue weighted by atomic mass is 35.5. The SMILES string of the molecule is CC(C)(C)NC(=O)C(OC(=O)c1ccc(Cl)nc1)c1ccncc1. The van der Waals surface area contributed by atoms with E-state index in [0.29, 0.717) is 5.56 Å². The van der Waals surface area contributed by atoms with E-state index in [4.69, 9.17) is 16.3 Å². The summed E-state index contributed by atoms with van der Waals surface area (Å²) >= 11 is 5.71. The molecule has 0 saturated heterocycles. The maximum atomic E-state index is 12.5. The molecule has 0 saturated carbocycles. The molecule has 0 bridgehead atoms. The van der Waals surface area contributed by atoms with Crippen molar-refractivity contribution in [1.29, 1.82) is 0 Å². The maximum absolute atomic E-state index is 12.5. The third kappa shape index (κ3) is 5.03. The molecule has 24 heavy (non-hydrogen) atoms. The Labute approximate surface area is 145 Å². The summed E-state index contributed by atoms with van der Waals surface area (Å²) in [5, 5.41) is 3.08. The number of hydrogen-bond acceptors (Lipinski definition) is 5. The molecule has 126 valence electrons. The molecule has 6 nitrogen and oxygen atoms in total. The molecule has 0 radical (unpaired) electrons. The fourth-order valence-corrected chi connectivity index (χ4v) is 2.03. The molecule has 0 aliphatic heterocycles. The van der Waals surface area contributed by atoms with E-state index in [0.717, 1.165) is 0 Å². The molecule has 1 atom stereocenters. The minimum Gasteiger partial charge on any atom is -0.444 e. The smallest absolute Gasteiger partial charge is 0.340 e. The fourth-order valence-electron chi connectivity index (χ4n) is 1.92.